The van der Waals surface area contributed by atoms with Crippen LogP contribution in [-0.2, 0) is 14.8 Å². The Morgan fingerprint density at radius 2 is 1.63 bits per heavy atom. The maximum atomic E-state index is 13.2. The summed E-state index contributed by atoms with van der Waals surface area (Å²) in [5.74, 6) is 0.447. The van der Waals surface area contributed by atoms with Crippen LogP contribution in [0.1, 0.15) is 19.3 Å². The third kappa shape index (κ3) is 4.42. The first-order valence-corrected chi connectivity index (χ1v) is 10.5. The van der Waals surface area contributed by atoms with Crippen LogP contribution in [0.15, 0.2) is 59.5 Å². The molecule has 7 heteroatoms. The summed E-state index contributed by atoms with van der Waals surface area (Å²) in [5.41, 5.74) is 0.435. The van der Waals surface area contributed by atoms with Crippen LogP contribution in [0.2, 0.25) is 0 Å². The second kappa shape index (κ2) is 8.43. The summed E-state index contributed by atoms with van der Waals surface area (Å²) in [6.07, 6.45) is 3.02. The topological polar surface area (TPSA) is 66.9 Å². The number of nitrogens with zero attached hydrogens (tertiary/aromatic N) is 2. The Morgan fingerprint density at radius 3 is 2.22 bits per heavy atom. The number of ether oxygens (including phenoxy) is 1. The van der Waals surface area contributed by atoms with E-state index in [-0.39, 0.29) is 17.3 Å². The molecule has 1 saturated heterocycles. The fourth-order valence-electron chi connectivity index (χ4n) is 3.15. The van der Waals surface area contributed by atoms with Crippen molar-refractivity contribution in [1.82, 2.24) is 4.90 Å². The largest absolute Gasteiger partial charge is 0.497 e. The van der Waals surface area contributed by atoms with Gasteiger partial charge in [0.25, 0.3) is 10.0 Å². The van der Waals surface area contributed by atoms with E-state index in [1.807, 2.05) is 0 Å². The van der Waals surface area contributed by atoms with Gasteiger partial charge in [-0.1, -0.05) is 18.2 Å². The first-order chi connectivity index (χ1) is 13.0. The van der Waals surface area contributed by atoms with Crippen LogP contribution in [0, 0.1) is 0 Å². The first-order valence-electron chi connectivity index (χ1n) is 9.02. The summed E-state index contributed by atoms with van der Waals surface area (Å²) in [7, 11) is -2.31. The molecule has 0 aliphatic carbocycles. The third-order valence-electron chi connectivity index (χ3n) is 4.68. The van der Waals surface area contributed by atoms with Crippen molar-refractivity contribution in [2.45, 2.75) is 24.2 Å². The van der Waals surface area contributed by atoms with Gasteiger partial charge in [0.05, 0.1) is 17.7 Å². The maximum Gasteiger partial charge on any atom is 0.264 e. The molecule has 1 fully saturated rings. The fourth-order valence-corrected chi connectivity index (χ4v) is 4.58. The number of rotatable bonds is 6. The first kappa shape index (κ1) is 19.2. The minimum absolute atomic E-state index is 0.160. The summed E-state index contributed by atoms with van der Waals surface area (Å²) in [4.78, 5) is 14.7. The molecule has 3 rings (SSSR count). The Balaban J connectivity index is 1.94. The van der Waals surface area contributed by atoms with E-state index in [4.69, 9.17) is 4.74 Å². The Labute approximate surface area is 160 Å². The number of methoxy groups -OCH3 is 1. The molecule has 2 aromatic carbocycles. The van der Waals surface area contributed by atoms with E-state index < -0.39 is 10.0 Å². The Hall–Kier alpha value is -2.54. The summed E-state index contributed by atoms with van der Waals surface area (Å²) < 4.78 is 32.8. The van der Waals surface area contributed by atoms with Crippen LogP contribution >= 0.6 is 0 Å². The van der Waals surface area contributed by atoms with Gasteiger partial charge in [0.2, 0.25) is 5.91 Å². The molecular formula is C20H24N2O4S. The molecule has 0 N–H and O–H groups in total. The van der Waals surface area contributed by atoms with Crippen molar-refractivity contribution < 1.29 is 17.9 Å². The molecule has 1 aliphatic rings. The molecule has 1 heterocycles. The SMILES string of the molecule is COc1ccc(N(CC(=O)N2CCCCC2)S(=O)(=O)c2ccccc2)cc1. The zero-order valence-corrected chi connectivity index (χ0v) is 16.2. The van der Waals surface area contributed by atoms with E-state index >= 15 is 0 Å². The lowest BCUT2D eigenvalue weighted by atomic mass is 10.1. The number of anilines is 1. The lowest BCUT2D eigenvalue weighted by Crippen LogP contribution is -2.44. The number of sulfonamides is 1. The van der Waals surface area contributed by atoms with Crippen LogP contribution < -0.4 is 9.04 Å². The van der Waals surface area contributed by atoms with E-state index in [2.05, 4.69) is 0 Å². The average molecular weight is 388 g/mol. The lowest BCUT2D eigenvalue weighted by molar-refractivity contribution is -0.130. The number of likely N-dealkylation sites (tertiary alicyclic amines) is 1. The highest BCUT2D eigenvalue weighted by Crippen LogP contribution is 2.26. The van der Waals surface area contributed by atoms with Crippen LogP contribution in [0.5, 0.6) is 5.75 Å². The molecule has 0 atom stereocenters. The van der Waals surface area contributed by atoms with Crippen LogP contribution in [0.4, 0.5) is 5.69 Å². The van der Waals surface area contributed by atoms with Gasteiger partial charge in [-0.05, 0) is 55.7 Å². The van der Waals surface area contributed by atoms with Gasteiger partial charge in [-0.15, -0.1) is 0 Å². The molecule has 27 heavy (non-hydrogen) atoms. The van der Waals surface area contributed by atoms with Crippen molar-refractivity contribution in [3.8, 4) is 5.75 Å². The Kier molecular flexibility index (Phi) is 6.01. The van der Waals surface area contributed by atoms with Crippen molar-refractivity contribution in [2.75, 3.05) is 31.0 Å². The number of carbonyl (C=O) groups excluding carboxylic acids is 1. The number of hydrogen-bond donors (Lipinski definition) is 0. The van der Waals surface area contributed by atoms with E-state index in [9.17, 15) is 13.2 Å². The van der Waals surface area contributed by atoms with Gasteiger partial charge in [0.1, 0.15) is 12.3 Å². The molecule has 0 bridgehead atoms. The highest BCUT2D eigenvalue weighted by atomic mass is 32.2. The molecular weight excluding hydrogens is 364 g/mol. The normalized spacial score (nSPS) is 14.6. The molecule has 1 amide bonds. The van der Waals surface area contributed by atoms with Crippen LogP contribution in [-0.4, -0.2) is 46.0 Å². The number of amides is 1. The average Bonchev–Trinajstić information content (AvgIpc) is 2.73. The fraction of sp³-hybridized carbons (Fsp3) is 0.350. The molecule has 0 spiro atoms. The molecule has 6 nitrogen and oxygen atoms in total. The monoisotopic (exact) mass is 388 g/mol. The standard InChI is InChI=1S/C20H24N2O4S/c1-26-18-12-10-17(11-13-18)22(16-20(23)21-14-6-3-7-15-21)27(24,25)19-8-4-2-5-9-19/h2,4-5,8-13H,3,6-7,14-16H2,1H3. The minimum atomic E-state index is -3.86. The van der Waals surface area contributed by atoms with Gasteiger partial charge in [0, 0.05) is 13.1 Å². The van der Waals surface area contributed by atoms with Gasteiger partial charge >= 0.3 is 0 Å². The predicted octanol–water partition coefficient (Wildman–Crippen LogP) is 2.90. The maximum absolute atomic E-state index is 13.2. The summed E-state index contributed by atoms with van der Waals surface area (Å²) in [5, 5.41) is 0. The third-order valence-corrected chi connectivity index (χ3v) is 6.47. The van der Waals surface area contributed by atoms with Gasteiger partial charge in [-0.3, -0.25) is 9.10 Å². The van der Waals surface area contributed by atoms with E-state index in [0.717, 1.165) is 19.3 Å². The van der Waals surface area contributed by atoms with Crippen molar-refractivity contribution in [1.29, 1.82) is 0 Å². The van der Waals surface area contributed by atoms with Crippen molar-refractivity contribution in [3.05, 3.63) is 54.6 Å². The molecule has 0 unspecified atom stereocenters. The van der Waals surface area contributed by atoms with Gasteiger partial charge < -0.3 is 9.64 Å². The van der Waals surface area contributed by atoms with E-state index in [1.54, 1.807) is 54.5 Å². The summed E-state index contributed by atoms with van der Waals surface area (Å²) in [6.45, 7) is 1.14. The highest BCUT2D eigenvalue weighted by Gasteiger charge is 2.29. The number of benzene rings is 2. The Bertz CT molecular complexity index is 861. The zero-order valence-electron chi connectivity index (χ0n) is 15.4. The predicted molar refractivity (Wildman–Crippen MR) is 104 cm³/mol. The summed E-state index contributed by atoms with van der Waals surface area (Å²) >= 11 is 0. The van der Waals surface area contributed by atoms with Gasteiger partial charge in [-0.2, -0.15) is 0 Å². The molecule has 0 saturated carbocycles. The summed E-state index contributed by atoms with van der Waals surface area (Å²) in [6, 6.07) is 14.9. The second-order valence-corrected chi connectivity index (χ2v) is 8.33. The molecule has 0 radical (unpaired) electrons. The van der Waals surface area contributed by atoms with E-state index in [0.29, 0.717) is 24.5 Å². The smallest absolute Gasteiger partial charge is 0.264 e. The number of piperidine rings is 1. The van der Waals surface area contributed by atoms with E-state index in [1.165, 1.54) is 16.4 Å². The zero-order chi connectivity index (χ0) is 19.3. The molecule has 0 aromatic heterocycles. The van der Waals surface area contributed by atoms with Crippen molar-refractivity contribution in [3.63, 3.8) is 0 Å². The van der Waals surface area contributed by atoms with Crippen LogP contribution in [0.3, 0.4) is 0 Å². The quantitative estimate of drug-likeness (QED) is 0.763. The second-order valence-electron chi connectivity index (χ2n) is 6.46. The number of hydrogen-bond acceptors (Lipinski definition) is 4. The Morgan fingerprint density at radius 1 is 1.00 bits per heavy atom. The molecule has 144 valence electrons. The molecule has 2 aromatic rings. The lowest BCUT2D eigenvalue weighted by Gasteiger charge is -2.30. The highest BCUT2D eigenvalue weighted by molar-refractivity contribution is 7.92. The van der Waals surface area contributed by atoms with Crippen molar-refractivity contribution >= 4 is 21.6 Å². The van der Waals surface area contributed by atoms with Gasteiger partial charge in [-0.25, -0.2) is 8.42 Å². The van der Waals surface area contributed by atoms with Crippen molar-refractivity contribution in [2.24, 2.45) is 0 Å². The minimum Gasteiger partial charge on any atom is -0.497 e. The number of carbonyl (C=O) groups is 1. The molecule has 1 aliphatic heterocycles. The van der Waals surface area contributed by atoms with Crippen LogP contribution in [0.25, 0.3) is 0 Å². The van der Waals surface area contributed by atoms with Gasteiger partial charge in [0.15, 0.2) is 0 Å².